The van der Waals surface area contributed by atoms with Gasteiger partial charge in [-0.2, -0.15) is 0 Å². The number of carbonyl (C=O) groups is 1. The lowest BCUT2D eigenvalue weighted by molar-refractivity contribution is 0.0682. The van der Waals surface area contributed by atoms with Gasteiger partial charge in [0.05, 0.1) is 18.8 Å². The second kappa shape index (κ2) is 6.67. The van der Waals surface area contributed by atoms with Gasteiger partial charge >= 0.3 is 6.03 Å². The molecule has 132 valence electrons. The average molecular weight is 340 g/mol. The Balaban J connectivity index is 1.79. The summed E-state index contributed by atoms with van der Waals surface area (Å²) in [6.45, 7) is 6.10. The zero-order valence-electron chi connectivity index (χ0n) is 15.1. The van der Waals surface area contributed by atoms with Crippen LogP contribution in [-0.4, -0.2) is 18.7 Å². The molecule has 0 spiro atoms. The summed E-state index contributed by atoms with van der Waals surface area (Å²) in [5.74, 6) is 1.46. The first-order valence-corrected chi connectivity index (χ1v) is 8.38. The lowest BCUT2D eigenvalue weighted by Crippen LogP contribution is -2.42. The van der Waals surface area contributed by atoms with Crippen molar-refractivity contribution in [1.82, 2.24) is 5.32 Å². The summed E-state index contributed by atoms with van der Waals surface area (Å²) in [7, 11) is 1.58. The fraction of sp³-hybridized carbons (Fsp3) is 0.350. The Morgan fingerprint density at radius 2 is 2.00 bits per heavy atom. The van der Waals surface area contributed by atoms with E-state index in [4.69, 9.17) is 9.47 Å². The van der Waals surface area contributed by atoms with Crippen LogP contribution in [0, 0.1) is 6.92 Å². The molecule has 25 heavy (non-hydrogen) atoms. The van der Waals surface area contributed by atoms with Crippen molar-refractivity contribution in [2.45, 2.75) is 38.8 Å². The number of hydrogen-bond acceptors (Lipinski definition) is 3. The van der Waals surface area contributed by atoms with Gasteiger partial charge < -0.3 is 20.1 Å². The van der Waals surface area contributed by atoms with Crippen molar-refractivity contribution < 1.29 is 14.3 Å². The van der Waals surface area contributed by atoms with Crippen LogP contribution in [0.1, 0.15) is 37.4 Å². The molecule has 0 aromatic heterocycles. The molecule has 3 rings (SSSR count). The molecule has 0 radical (unpaired) electrons. The van der Waals surface area contributed by atoms with Crippen LogP contribution in [0.25, 0.3) is 0 Å². The first-order chi connectivity index (χ1) is 11.9. The first kappa shape index (κ1) is 17.1. The number of aryl methyl sites for hydroxylation is 1. The molecule has 0 fully saturated rings. The average Bonchev–Trinajstić information content (AvgIpc) is 2.53. The van der Waals surface area contributed by atoms with Crippen LogP contribution < -0.4 is 20.1 Å². The number of methoxy groups -OCH3 is 1. The van der Waals surface area contributed by atoms with Crippen LogP contribution in [-0.2, 0) is 0 Å². The number of fused-ring (bicyclic) bond motifs is 1. The van der Waals surface area contributed by atoms with E-state index in [1.807, 2.05) is 63.2 Å². The minimum atomic E-state index is -0.344. The van der Waals surface area contributed by atoms with Crippen LogP contribution >= 0.6 is 0 Å². The fourth-order valence-electron chi connectivity index (χ4n) is 3.15. The molecular formula is C20H24N2O3. The van der Waals surface area contributed by atoms with Gasteiger partial charge in [-0.25, -0.2) is 4.79 Å². The highest BCUT2D eigenvalue weighted by Gasteiger charge is 2.34. The van der Waals surface area contributed by atoms with Gasteiger partial charge in [0.25, 0.3) is 0 Å². The van der Waals surface area contributed by atoms with Crippen molar-refractivity contribution in [2.24, 2.45) is 0 Å². The van der Waals surface area contributed by atoms with E-state index < -0.39 is 0 Å². The second-order valence-electron chi connectivity index (χ2n) is 6.96. The van der Waals surface area contributed by atoms with Gasteiger partial charge in [0.2, 0.25) is 0 Å². The van der Waals surface area contributed by atoms with Gasteiger partial charge in [-0.1, -0.05) is 24.3 Å². The van der Waals surface area contributed by atoms with Crippen molar-refractivity contribution >= 4 is 11.7 Å². The van der Waals surface area contributed by atoms with Crippen LogP contribution in [0.15, 0.2) is 42.5 Å². The highest BCUT2D eigenvalue weighted by atomic mass is 16.5. The van der Waals surface area contributed by atoms with Crippen molar-refractivity contribution in [1.29, 1.82) is 0 Å². The molecule has 2 N–H and O–H groups in total. The molecule has 2 amide bonds. The van der Waals surface area contributed by atoms with E-state index in [0.29, 0.717) is 17.9 Å². The number of hydrogen-bond donors (Lipinski definition) is 2. The maximum Gasteiger partial charge on any atom is 0.319 e. The van der Waals surface area contributed by atoms with Crippen LogP contribution in [0.2, 0.25) is 0 Å². The Labute approximate surface area is 148 Å². The molecule has 0 saturated heterocycles. The third-order valence-corrected chi connectivity index (χ3v) is 4.29. The molecule has 0 saturated carbocycles. The lowest BCUT2D eigenvalue weighted by Gasteiger charge is -2.38. The van der Waals surface area contributed by atoms with Crippen molar-refractivity contribution in [3.8, 4) is 11.5 Å². The van der Waals surface area contributed by atoms with E-state index >= 15 is 0 Å². The normalized spacial score (nSPS) is 17.8. The predicted molar refractivity (Wildman–Crippen MR) is 98.4 cm³/mol. The van der Waals surface area contributed by atoms with Gasteiger partial charge in [0.15, 0.2) is 0 Å². The van der Waals surface area contributed by atoms with E-state index in [1.165, 1.54) is 0 Å². The number of carbonyl (C=O) groups excluding carboxylic acids is 1. The highest BCUT2D eigenvalue weighted by molar-refractivity contribution is 5.91. The highest BCUT2D eigenvalue weighted by Crippen LogP contribution is 2.40. The lowest BCUT2D eigenvalue weighted by atomic mass is 9.89. The third kappa shape index (κ3) is 3.87. The van der Waals surface area contributed by atoms with Gasteiger partial charge in [-0.3, -0.25) is 0 Å². The Bertz CT molecular complexity index is 786. The number of ether oxygens (including phenoxy) is 2. The molecule has 5 heteroatoms. The SMILES string of the molecule is COc1ccccc1NC(=O)N[C@H]1CC(C)(C)Oc2cc(C)ccc21. The Morgan fingerprint density at radius 1 is 1.24 bits per heavy atom. The zero-order valence-corrected chi connectivity index (χ0v) is 15.1. The first-order valence-electron chi connectivity index (χ1n) is 8.38. The smallest absolute Gasteiger partial charge is 0.319 e. The number of urea groups is 1. The quantitative estimate of drug-likeness (QED) is 0.869. The van der Waals surface area contributed by atoms with Crippen molar-refractivity contribution in [2.75, 3.05) is 12.4 Å². The van der Waals surface area contributed by atoms with Crippen molar-refractivity contribution in [3.05, 3.63) is 53.6 Å². The van der Waals surface area contributed by atoms with E-state index in [9.17, 15) is 4.79 Å². The van der Waals surface area contributed by atoms with Gasteiger partial charge in [0, 0.05) is 12.0 Å². The summed E-state index contributed by atoms with van der Waals surface area (Å²) in [4.78, 5) is 12.5. The standard InChI is InChI=1S/C20H24N2O3/c1-13-9-10-14-16(12-20(2,3)25-18(14)11-13)22-19(23)21-15-7-5-6-8-17(15)24-4/h5-11,16H,12H2,1-4H3,(H2,21,22,23)/t16-/m0/s1. The third-order valence-electron chi connectivity index (χ3n) is 4.29. The Morgan fingerprint density at radius 3 is 2.76 bits per heavy atom. The number of benzene rings is 2. The molecule has 1 atom stereocenters. The maximum absolute atomic E-state index is 12.5. The number of anilines is 1. The summed E-state index contributed by atoms with van der Waals surface area (Å²) in [6, 6.07) is 13.0. The predicted octanol–water partition coefficient (Wildman–Crippen LogP) is 4.43. The molecule has 1 aliphatic heterocycles. The Kier molecular flexibility index (Phi) is 4.57. The minimum absolute atomic E-state index is 0.117. The molecular weight excluding hydrogens is 316 g/mol. The molecule has 1 aliphatic rings. The van der Waals surface area contributed by atoms with Crippen LogP contribution in [0.4, 0.5) is 10.5 Å². The summed E-state index contributed by atoms with van der Waals surface area (Å²) in [5.41, 5.74) is 2.43. The summed E-state index contributed by atoms with van der Waals surface area (Å²) in [5, 5.41) is 5.93. The number of nitrogens with one attached hydrogen (secondary N) is 2. The monoisotopic (exact) mass is 340 g/mol. The van der Waals surface area contributed by atoms with E-state index in [1.54, 1.807) is 7.11 Å². The van der Waals surface area contributed by atoms with Crippen LogP contribution in [0.3, 0.4) is 0 Å². The molecule has 2 aromatic carbocycles. The molecule has 0 unspecified atom stereocenters. The van der Waals surface area contributed by atoms with E-state index in [2.05, 4.69) is 10.6 Å². The van der Waals surface area contributed by atoms with Crippen molar-refractivity contribution in [3.63, 3.8) is 0 Å². The van der Waals surface area contributed by atoms with E-state index in [-0.39, 0.29) is 17.7 Å². The summed E-state index contributed by atoms with van der Waals surface area (Å²) in [6.07, 6.45) is 0.697. The molecule has 2 aromatic rings. The summed E-state index contributed by atoms with van der Waals surface area (Å²) < 4.78 is 11.4. The number of para-hydroxylation sites is 2. The molecule has 1 heterocycles. The molecule has 0 aliphatic carbocycles. The van der Waals surface area contributed by atoms with Crippen LogP contribution in [0.5, 0.6) is 11.5 Å². The fourth-order valence-corrected chi connectivity index (χ4v) is 3.15. The molecule has 5 nitrogen and oxygen atoms in total. The topological polar surface area (TPSA) is 59.6 Å². The largest absolute Gasteiger partial charge is 0.495 e. The minimum Gasteiger partial charge on any atom is -0.495 e. The Hall–Kier alpha value is -2.69. The van der Waals surface area contributed by atoms with Gasteiger partial charge in [-0.05, 0) is 44.5 Å². The summed E-state index contributed by atoms with van der Waals surface area (Å²) >= 11 is 0. The maximum atomic E-state index is 12.5. The van der Waals surface area contributed by atoms with Gasteiger partial charge in [-0.15, -0.1) is 0 Å². The second-order valence-corrected chi connectivity index (χ2v) is 6.96. The van der Waals surface area contributed by atoms with E-state index in [0.717, 1.165) is 16.9 Å². The number of rotatable bonds is 3. The van der Waals surface area contributed by atoms with Gasteiger partial charge in [0.1, 0.15) is 17.1 Å². The zero-order chi connectivity index (χ0) is 18.0. The number of amides is 2. The molecule has 0 bridgehead atoms.